The molecule has 0 unspecified atom stereocenters. The van der Waals surface area contributed by atoms with Crippen molar-refractivity contribution in [2.75, 3.05) is 0 Å². The Morgan fingerprint density at radius 1 is 0.966 bits per heavy atom. The topological polar surface area (TPSA) is 122 Å². The molecule has 0 aliphatic rings. The maximum Gasteiger partial charge on any atom is 0.326 e. The Kier molecular flexibility index (Phi) is 6.26. The van der Waals surface area contributed by atoms with Crippen LogP contribution < -0.4 is 10.6 Å². The summed E-state index contributed by atoms with van der Waals surface area (Å²) in [6.07, 6.45) is 4.12. The van der Waals surface area contributed by atoms with E-state index in [0.29, 0.717) is 5.76 Å². The second-order valence-electron chi connectivity index (χ2n) is 6.06. The number of amides is 2. The lowest BCUT2D eigenvalue weighted by Gasteiger charge is -2.16. The number of hydrogen-bond acceptors (Lipinski definition) is 5. The Morgan fingerprint density at radius 2 is 1.69 bits per heavy atom. The highest BCUT2D eigenvalue weighted by atomic mass is 16.4. The van der Waals surface area contributed by atoms with Crippen LogP contribution in [0, 0.1) is 0 Å². The number of carboxylic acid groups (broad SMARTS) is 1. The zero-order valence-electron chi connectivity index (χ0n) is 15.2. The Bertz CT molecular complexity index is 991. The first kappa shape index (κ1) is 19.7. The van der Waals surface area contributed by atoms with Crippen LogP contribution >= 0.6 is 0 Å². The molecule has 2 aromatic heterocycles. The highest BCUT2D eigenvalue weighted by Gasteiger charge is 2.24. The van der Waals surface area contributed by atoms with E-state index in [1.807, 2.05) is 6.07 Å². The molecule has 0 saturated carbocycles. The fourth-order valence-corrected chi connectivity index (χ4v) is 2.55. The van der Waals surface area contributed by atoms with Crippen molar-refractivity contribution in [2.45, 2.75) is 12.5 Å². The van der Waals surface area contributed by atoms with E-state index in [4.69, 9.17) is 8.83 Å². The number of furan rings is 2. The van der Waals surface area contributed by atoms with Crippen LogP contribution in [0.5, 0.6) is 0 Å². The summed E-state index contributed by atoms with van der Waals surface area (Å²) in [6.45, 7) is 0. The molecule has 2 amide bonds. The molecule has 8 heteroatoms. The van der Waals surface area contributed by atoms with Crippen LogP contribution in [0.1, 0.15) is 21.9 Å². The summed E-state index contributed by atoms with van der Waals surface area (Å²) in [5.41, 5.74) is 0.567. The maximum absolute atomic E-state index is 12.7. The largest absolute Gasteiger partial charge is 0.480 e. The molecule has 0 aliphatic carbocycles. The first-order valence-corrected chi connectivity index (χ1v) is 8.70. The van der Waals surface area contributed by atoms with Gasteiger partial charge in [0, 0.05) is 12.5 Å². The average molecular weight is 394 g/mol. The molecule has 1 aromatic carbocycles. The normalized spacial score (nSPS) is 12.2. The van der Waals surface area contributed by atoms with Gasteiger partial charge >= 0.3 is 5.97 Å². The lowest BCUT2D eigenvalue weighted by molar-refractivity contribution is -0.141. The number of carbonyl (C=O) groups is 3. The van der Waals surface area contributed by atoms with Crippen LogP contribution in [0.2, 0.25) is 0 Å². The molecule has 8 nitrogen and oxygen atoms in total. The van der Waals surface area contributed by atoms with Crippen molar-refractivity contribution in [1.82, 2.24) is 10.6 Å². The molecular formula is C21H18N2O6. The summed E-state index contributed by atoms with van der Waals surface area (Å²) < 4.78 is 10.2. The minimum absolute atomic E-state index is 0.00205. The highest BCUT2D eigenvalue weighted by Crippen LogP contribution is 2.10. The van der Waals surface area contributed by atoms with Crippen molar-refractivity contribution >= 4 is 23.9 Å². The quantitative estimate of drug-likeness (QED) is 0.505. The van der Waals surface area contributed by atoms with Gasteiger partial charge in [-0.2, -0.15) is 0 Å². The van der Waals surface area contributed by atoms with Gasteiger partial charge in [0.1, 0.15) is 17.5 Å². The predicted molar refractivity (Wildman–Crippen MR) is 103 cm³/mol. The van der Waals surface area contributed by atoms with Crippen molar-refractivity contribution in [2.24, 2.45) is 0 Å². The summed E-state index contributed by atoms with van der Waals surface area (Å²) >= 11 is 0. The number of nitrogens with one attached hydrogen (secondary N) is 2. The second kappa shape index (κ2) is 9.23. The van der Waals surface area contributed by atoms with E-state index < -0.39 is 23.8 Å². The van der Waals surface area contributed by atoms with E-state index in [2.05, 4.69) is 10.6 Å². The molecule has 3 rings (SSSR count). The third-order valence-corrected chi connectivity index (χ3v) is 3.95. The van der Waals surface area contributed by atoms with Gasteiger partial charge in [0.2, 0.25) is 0 Å². The first-order chi connectivity index (χ1) is 14.0. The van der Waals surface area contributed by atoms with E-state index in [-0.39, 0.29) is 17.9 Å². The highest BCUT2D eigenvalue weighted by molar-refractivity contribution is 6.05. The fourth-order valence-electron chi connectivity index (χ4n) is 2.55. The molecule has 0 saturated heterocycles. The number of benzene rings is 1. The molecule has 0 fully saturated rings. The van der Waals surface area contributed by atoms with Crippen LogP contribution in [0.25, 0.3) is 6.08 Å². The van der Waals surface area contributed by atoms with E-state index in [0.717, 1.165) is 5.56 Å². The van der Waals surface area contributed by atoms with Gasteiger partial charge in [-0.05, 0) is 29.8 Å². The van der Waals surface area contributed by atoms with Gasteiger partial charge in [-0.15, -0.1) is 0 Å². The van der Waals surface area contributed by atoms with Crippen molar-refractivity contribution < 1.29 is 28.3 Å². The molecule has 3 N–H and O–H groups in total. The molecular weight excluding hydrogens is 376 g/mol. The van der Waals surface area contributed by atoms with E-state index in [1.165, 1.54) is 30.7 Å². The molecule has 0 aliphatic heterocycles. The summed E-state index contributed by atoms with van der Waals surface area (Å²) in [5.74, 6) is -2.31. The van der Waals surface area contributed by atoms with E-state index in [9.17, 15) is 19.5 Å². The van der Waals surface area contributed by atoms with Gasteiger partial charge in [0.05, 0.1) is 12.5 Å². The summed E-state index contributed by atoms with van der Waals surface area (Å²) in [4.78, 5) is 36.7. The molecule has 3 aromatic rings. The van der Waals surface area contributed by atoms with Gasteiger partial charge in [-0.3, -0.25) is 9.59 Å². The number of hydrogen-bond donors (Lipinski definition) is 3. The van der Waals surface area contributed by atoms with Crippen LogP contribution in [0.3, 0.4) is 0 Å². The minimum atomic E-state index is -1.20. The zero-order valence-corrected chi connectivity index (χ0v) is 15.2. The van der Waals surface area contributed by atoms with E-state index in [1.54, 1.807) is 36.4 Å². The van der Waals surface area contributed by atoms with Crippen LogP contribution in [-0.4, -0.2) is 28.9 Å². The molecule has 29 heavy (non-hydrogen) atoms. The van der Waals surface area contributed by atoms with Gasteiger partial charge < -0.3 is 24.6 Å². The van der Waals surface area contributed by atoms with Crippen molar-refractivity contribution in [3.05, 3.63) is 89.9 Å². The van der Waals surface area contributed by atoms with Gasteiger partial charge in [0.15, 0.2) is 5.76 Å². The molecule has 148 valence electrons. The Hall–Kier alpha value is -4.07. The number of carboxylic acids is 1. The molecule has 0 spiro atoms. The van der Waals surface area contributed by atoms with Crippen LogP contribution in [-0.2, 0) is 16.0 Å². The third-order valence-electron chi connectivity index (χ3n) is 3.95. The lowest BCUT2D eigenvalue weighted by atomic mass is 10.1. The first-order valence-electron chi connectivity index (χ1n) is 8.70. The fraction of sp³-hybridized carbons (Fsp3) is 0.0952. The van der Waals surface area contributed by atoms with Crippen molar-refractivity contribution in [1.29, 1.82) is 0 Å². The standard InChI is InChI=1S/C21H18N2O6/c24-19(23-17(21(26)27)12-14-6-2-1-3-7-14)16(13-15-8-4-10-28-15)22-20(25)18-9-5-11-29-18/h1-11,13,17H,12H2,(H,22,25)(H,23,24)(H,26,27)/b16-13+/t17-/m1/s1. The Labute approximate surface area is 165 Å². The number of aliphatic carboxylic acids is 1. The molecule has 1 atom stereocenters. The van der Waals surface area contributed by atoms with Gasteiger partial charge in [0.25, 0.3) is 11.8 Å². The average Bonchev–Trinajstić information content (AvgIpc) is 3.41. The molecule has 0 radical (unpaired) electrons. The monoisotopic (exact) mass is 394 g/mol. The summed E-state index contributed by atoms with van der Waals surface area (Å²) in [5, 5.41) is 14.4. The molecule has 2 heterocycles. The van der Waals surface area contributed by atoms with Crippen LogP contribution in [0.15, 0.2) is 81.7 Å². The van der Waals surface area contributed by atoms with Gasteiger partial charge in [-0.25, -0.2) is 4.79 Å². The van der Waals surface area contributed by atoms with Crippen molar-refractivity contribution in [3.63, 3.8) is 0 Å². The lowest BCUT2D eigenvalue weighted by Crippen LogP contribution is -2.45. The molecule has 0 bridgehead atoms. The number of carbonyl (C=O) groups excluding carboxylic acids is 2. The Morgan fingerprint density at radius 3 is 2.31 bits per heavy atom. The smallest absolute Gasteiger partial charge is 0.326 e. The van der Waals surface area contributed by atoms with Gasteiger partial charge in [-0.1, -0.05) is 30.3 Å². The Balaban J connectivity index is 1.79. The van der Waals surface area contributed by atoms with E-state index >= 15 is 0 Å². The SMILES string of the molecule is O=C(N[C@H](Cc1ccccc1)C(=O)O)/C(=C\c1ccco1)NC(=O)c1ccco1. The predicted octanol–water partition coefficient (Wildman–Crippen LogP) is 2.46. The van der Waals surface area contributed by atoms with Crippen LogP contribution in [0.4, 0.5) is 0 Å². The van der Waals surface area contributed by atoms with Crippen molar-refractivity contribution in [3.8, 4) is 0 Å². The third kappa shape index (κ3) is 5.46. The second-order valence-corrected chi connectivity index (χ2v) is 6.06. The zero-order chi connectivity index (χ0) is 20.6. The maximum atomic E-state index is 12.7. The summed E-state index contributed by atoms with van der Waals surface area (Å²) in [6, 6.07) is 13.9. The number of rotatable bonds is 8. The summed E-state index contributed by atoms with van der Waals surface area (Å²) in [7, 11) is 0. The minimum Gasteiger partial charge on any atom is -0.480 e.